The van der Waals surface area contributed by atoms with E-state index in [1.807, 2.05) is 24.3 Å². The van der Waals surface area contributed by atoms with Gasteiger partial charge in [0.05, 0.1) is 35.4 Å². The molecule has 27 heavy (non-hydrogen) atoms. The van der Waals surface area contributed by atoms with Gasteiger partial charge in [-0.3, -0.25) is 10.1 Å². The lowest BCUT2D eigenvalue weighted by Gasteiger charge is -2.38. The summed E-state index contributed by atoms with van der Waals surface area (Å²) >= 11 is 0. The molecule has 0 aromatic heterocycles. The van der Waals surface area contributed by atoms with Gasteiger partial charge in [-0.2, -0.15) is 0 Å². The lowest BCUT2D eigenvalue weighted by Crippen LogP contribution is -2.30. The number of anilines is 1. The summed E-state index contributed by atoms with van der Waals surface area (Å²) in [5, 5.41) is 24.3. The molecule has 1 aliphatic carbocycles. The molecule has 138 valence electrons. The van der Waals surface area contributed by atoms with Gasteiger partial charge in [0.15, 0.2) is 0 Å². The maximum Gasteiger partial charge on any atom is 0.336 e. The fourth-order valence-corrected chi connectivity index (χ4v) is 4.19. The number of ether oxygens (including phenoxy) is 1. The van der Waals surface area contributed by atoms with Gasteiger partial charge in [0, 0.05) is 12.0 Å². The van der Waals surface area contributed by atoms with Crippen molar-refractivity contribution in [1.82, 2.24) is 0 Å². The average molecular weight is 366 g/mol. The Morgan fingerprint density at radius 1 is 1.30 bits per heavy atom. The fraction of sp³-hybridized carbons (Fsp3) is 0.250. The molecule has 0 radical (unpaired) electrons. The lowest BCUT2D eigenvalue weighted by molar-refractivity contribution is -0.385. The number of carboxylic acids is 1. The molecule has 0 saturated heterocycles. The Labute approximate surface area is 155 Å². The zero-order chi connectivity index (χ0) is 19.1. The summed E-state index contributed by atoms with van der Waals surface area (Å²) in [7, 11) is 1.47. The Balaban J connectivity index is 1.88. The van der Waals surface area contributed by atoms with Gasteiger partial charge in [0.1, 0.15) is 5.75 Å². The van der Waals surface area contributed by atoms with Crippen LogP contribution in [-0.4, -0.2) is 23.1 Å². The van der Waals surface area contributed by atoms with Gasteiger partial charge < -0.3 is 15.2 Å². The molecule has 0 bridgehead atoms. The first-order valence-electron chi connectivity index (χ1n) is 8.63. The van der Waals surface area contributed by atoms with Gasteiger partial charge in [0.25, 0.3) is 5.69 Å². The normalized spacial score (nSPS) is 22.5. The van der Waals surface area contributed by atoms with Crippen LogP contribution in [0.15, 0.2) is 48.6 Å². The number of nitro benzene ring substituents is 1. The number of aromatic carboxylic acids is 1. The molecule has 7 heteroatoms. The summed E-state index contributed by atoms with van der Waals surface area (Å²) in [6.07, 6.45) is 4.86. The van der Waals surface area contributed by atoms with Crippen LogP contribution in [0.25, 0.3) is 0 Å². The highest BCUT2D eigenvalue weighted by Gasteiger charge is 2.41. The Morgan fingerprint density at radius 2 is 2.07 bits per heavy atom. The third-order valence-corrected chi connectivity index (χ3v) is 5.37. The number of fused-ring (bicyclic) bond motifs is 3. The van der Waals surface area contributed by atoms with Crippen molar-refractivity contribution in [3.05, 3.63) is 75.4 Å². The number of rotatable bonds is 4. The van der Waals surface area contributed by atoms with Gasteiger partial charge in [-0.15, -0.1) is 0 Å². The van der Waals surface area contributed by atoms with Gasteiger partial charge >= 0.3 is 5.97 Å². The van der Waals surface area contributed by atoms with Crippen molar-refractivity contribution in [3.8, 4) is 5.75 Å². The van der Waals surface area contributed by atoms with E-state index >= 15 is 0 Å². The summed E-state index contributed by atoms with van der Waals surface area (Å²) in [5.74, 6) is -0.557. The molecule has 1 heterocycles. The maximum atomic E-state index is 11.7. The van der Waals surface area contributed by atoms with Crippen LogP contribution >= 0.6 is 0 Å². The summed E-state index contributed by atoms with van der Waals surface area (Å²) in [6, 6.07) is 9.68. The minimum absolute atomic E-state index is 0.0177. The molecule has 1 aliphatic heterocycles. The second-order valence-electron chi connectivity index (χ2n) is 6.74. The van der Waals surface area contributed by atoms with E-state index in [1.54, 1.807) is 18.2 Å². The molecule has 0 fully saturated rings. The van der Waals surface area contributed by atoms with E-state index in [2.05, 4.69) is 5.32 Å². The van der Waals surface area contributed by atoms with Gasteiger partial charge in [-0.25, -0.2) is 4.79 Å². The molecule has 7 nitrogen and oxygen atoms in total. The molecular weight excluding hydrogens is 348 g/mol. The molecule has 3 atom stereocenters. The summed E-state index contributed by atoms with van der Waals surface area (Å²) in [6.45, 7) is 0. The van der Waals surface area contributed by atoms with Crippen molar-refractivity contribution < 1.29 is 19.6 Å². The van der Waals surface area contributed by atoms with E-state index in [4.69, 9.17) is 4.74 Å². The quantitative estimate of drug-likeness (QED) is 0.479. The molecule has 2 N–H and O–H groups in total. The number of hydrogen-bond acceptors (Lipinski definition) is 5. The number of carboxylic acid groups (broad SMARTS) is 1. The van der Waals surface area contributed by atoms with E-state index in [9.17, 15) is 20.0 Å². The molecule has 4 rings (SSSR count). The van der Waals surface area contributed by atoms with E-state index in [0.717, 1.165) is 12.0 Å². The summed E-state index contributed by atoms with van der Waals surface area (Å²) < 4.78 is 5.41. The molecule has 0 amide bonds. The third-order valence-electron chi connectivity index (χ3n) is 5.37. The minimum atomic E-state index is -0.976. The lowest BCUT2D eigenvalue weighted by atomic mass is 9.76. The van der Waals surface area contributed by atoms with E-state index in [-0.39, 0.29) is 29.1 Å². The molecular formula is C20H18N2O5. The molecule has 0 spiro atoms. The van der Waals surface area contributed by atoms with Gasteiger partial charge in [-0.1, -0.05) is 30.4 Å². The predicted octanol–water partition coefficient (Wildman–Crippen LogP) is 4.13. The molecule has 2 aromatic carbocycles. The Bertz CT molecular complexity index is 969. The molecule has 2 aliphatic rings. The van der Waals surface area contributed by atoms with E-state index in [1.165, 1.54) is 13.2 Å². The van der Waals surface area contributed by atoms with Gasteiger partial charge in [0.2, 0.25) is 0 Å². The van der Waals surface area contributed by atoms with Crippen molar-refractivity contribution in [2.24, 2.45) is 5.92 Å². The van der Waals surface area contributed by atoms with Crippen molar-refractivity contribution in [2.45, 2.75) is 18.4 Å². The van der Waals surface area contributed by atoms with E-state index < -0.39 is 10.9 Å². The van der Waals surface area contributed by atoms with Crippen LogP contribution in [0.1, 0.15) is 39.9 Å². The molecule has 2 aromatic rings. The van der Waals surface area contributed by atoms with Crippen molar-refractivity contribution >= 4 is 17.3 Å². The topological polar surface area (TPSA) is 102 Å². The first kappa shape index (κ1) is 17.1. The highest BCUT2D eigenvalue weighted by molar-refractivity contribution is 5.90. The minimum Gasteiger partial charge on any atom is -0.494 e. The first-order valence-corrected chi connectivity index (χ1v) is 8.63. The second-order valence-corrected chi connectivity index (χ2v) is 6.74. The van der Waals surface area contributed by atoms with Gasteiger partial charge in [-0.05, 0) is 29.5 Å². The largest absolute Gasteiger partial charge is 0.494 e. The zero-order valence-electron chi connectivity index (χ0n) is 14.6. The van der Waals surface area contributed by atoms with Crippen LogP contribution in [0.3, 0.4) is 0 Å². The van der Waals surface area contributed by atoms with Crippen LogP contribution in [0, 0.1) is 16.0 Å². The average Bonchev–Trinajstić information content (AvgIpc) is 3.16. The van der Waals surface area contributed by atoms with Crippen LogP contribution in [-0.2, 0) is 0 Å². The summed E-state index contributed by atoms with van der Waals surface area (Å²) in [4.78, 5) is 22.6. The highest BCUT2D eigenvalue weighted by atomic mass is 16.6. The highest BCUT2D eigenvalue weighted by Crippen LogP contribution is 2.53. The van der Waals surface area contributed by atoms with Crippen LogP contribution < -0.4 is 10.1 Å². The smallest absolute Gasteiger partial charge is 0.336 e. The number of methoxy groups -OCH3 is 1. The monoisotopic (exact) mass is 366 g/mol. The Kier molecular flexibility index (Phi) is 4.07. The first-order chi connectivity index (χ1) is 13.0. The predicted molar refractivity (Wildman–Crippen MR) is 99.4 cm³/mol. The Hall–Kier alpha value is -3.35. The number of benzene rings is 2. The number of allylic oxidation sites excluding steroid dienone is 2. The summed E-state index contributed by atoms with van der Waals surface area (Å²) in [5.41, 5.74) is 2.43. The maximum absolute atomic E-state index is 11.7. The van der Waals surface area contributed by atoms with E-state index in [0.29, 0.717) is 17.0 Å². The van der Waals surface area contributed by atoms with Crippen LogP contribution in [0.2, 0.25) is 0 Å². The zero-order valence-corrected chi connectivity index (χ0v) is 14.6. The number of carbonyl (C=O) groups is 1. The number of non-ortho nitro benzene ring substituents is 1. The fourth-order valence-electron chi connectivity index (χ4n) is 4.19. The number of nitrogens with zero attached hydrogens (tertiary/aromatic N) is 1. The standard InChI is InChI=1S/C20H18N2O5/c1-27-17-10-11(22(25)26)9-16-12-7-4-8-13(12)18(21-19(16)17)14-5-2-3-6-15(14)20(23)24/h2-7,9-10,12-13,18,21H,8H2,1H3,(H,23,24)/t12-,13-,18+/m1/s1. The number of nitro groups is 1. The SMILES string of the molecule is COc1cc([N+](=O)[O-])cc2c1N[C@H](c1ccccc1C(=O)O)[C@@H]1CC=C[C@@H]21. The van der Waals surface area contributed by atoms with Crippen LogP contribution in [0.5, 0.6) is 5.75 Å². The number of hydrogen-bond donors (Lipinski definition) is 2. The van der Waals surface area contributed by atoms with Crippen molar-refractivity contribution in [2.75, 3.05) is 12.4 Å². The molecule has 0 unspecified atom stereocenters. The third kappa shape index (κ3) is 2.71. The van der Waals surface area contributed by atoms with Crippen molar-refractivity contribution in [3.63, 3.8) is 0 Å². The second kappa shape index (κ2) is 6.42. The van der Waals surface area contributed by atoms with Crippen molar-refractivity contribution in [1.29, 1.82) is 0 Å². The van der Waals surface area contributed by atoms with Crippen LogP contribution in [0.4, 0.5) is 11.4 Å². The number of nitrogens with one attached hydrogen (secondary N) is 1. The molecule has 0 saturated carbocycles. The Morgan fingerprint density at radius 3 is 2.78 bits per heavy atom.